The molecule has 0 amide bonds. The molecule has 0 aliphatic rings. The van der Waals surface area contributed by atoms with Crippen LogP contribution in [0.25, 0.3) is 0 Å². The van der Waals surface area contributed by atoms with Crippen LogP contribution in [0.4, 0.5) is 0 Å². The highest BCUT2D eigenvalue weighted by atomic mass is 32.2. The summed E-state index contributed by atoms with van der Waals surface area (Å²) in [5.41, 5.74) is 9.76. The van der Waals surface area contributed by atoms with Crippen molar-refractivity contribution in [2.24, 2.45) is 12.8 Å². The van der Waals surface area contributed by atoms with E-state index in [1.165, 1.54) is 16.2 Å². The molecule has 0 bridgehead atoms. The molecule has 1 aromatic carbocycles. The molecule has 4 heteroatoms. The Morgan fingerprint density at radius 3 is 2.74 bits per heavy atom. The Bertz CT molecular complexity index is 548. The number of nitrogens with zero attached hydrogens (tertiary/aromatic N) is 2. The molecule has 1 atom stereocenters. The van der Waals surface area contributed by atoms with Gasteiger partial charge in [-0.2, -0.15) is 5.10 Å². The zero-order valence-corrected chi connectivity index (χ0v) is 12.6. The Kier molecular flexibility index (Phi) is 4.66. The molecule has 0 fully saturated rings. The smallest absolute Gasteiger partial charge is 0.0596 e. The van der Waals surface area contributed by atoms with Crippen LogP contribution in [-0.2, 0) is 13.5 Å². The number of aromatic nitrogens is 2. The van der Waals surface area contributed by atoms with E-state index in [4.69, 9.17) is 5.73 Å². The van der Waals surface area contributed by atoms with Crippen molar-refractivity contribution in [2.75, 3.05) is 5.75 Å². The predicted molar refractivity (Wildman–Crippen MR) is 81.5 cm³/mol. The van der Waals surface area contributed by atoms with E-state index < -0.39 is 0 Å². The highest BCUT2D eigenvalue weighted by Gasteiger charge is 2.09. The fourth-order valence-electron chi connectivity index (χ4n) is 2.09. The molecular weight excluding hydrogens is 254 g/mol. The van der Waals surface area contributed by atoms with Crippen molar-refractivity contribution < 1.29 is 0 Å². The van der Waals surface area contributed by atoms with E-state index in [1.54, 1.807) is 0 Å². The van der Waals surface area contributed by atoms with Crippen LogP contribution in [-0.4, -0.2) is 21.6 Å². The lowest BCUT2D eigenvalue weighted by Gasteiger charge is -2.11. The van der Waals surface area contributed by atoms with Crippen LogP contribution in [0.3, 0.4) is 0 Å². The van der Waals surface area contributed by atoms with Crippen LogP contribution in [0.1, 0.15) is 17.0 Å². The van der Waals surface area contributed by atoms with Crippen molar-refractivity contribution in [2.45, 2.75) is 31.2 Å². The zero-order valence-electron chi connectivity index (χ0n) is 11.8. The minimum atomic E-state index is 0.153. The third-order valence-corrected chi connectivity index (χ3v) is 4.21. The maximum absolute atomic E-state index is 6.21. The average Bonchev–Trinajstić information content (AvgIpc) is 2.65. The molecule has 0 aliphatic heterocycles. The van der Waals surface area contributed by atoms with Crippen LogP contribution >= 0.6 is 11.8 Å². The monoisotopic (exact) mass is 275 g/mol. The summed E-state index contributed by atoms with van der Waals surface area (Å²) < 4.78 is 1.92. The maximum atomic E-state index is 6.21. The summed E-state index contributed by atoms with van der Waals surface area (Å²) in [6.07, 6.45) is 0.871. The second-order valence-corrected chi connectivity index (χ2v) is 6.09. The van der Waals surface area contributed by atoms with Gasteiger partial charge >= 0.3 is 0 Å². The molecular formula is C15H21N3S. The van der Waals surface area contributed by atoms with Gasteiger partial charge in [0.2, 0.25) is 0 Å². The van der Waals surface area contributed by atoms with Gasteiger partial charge in [-0.3, -0.25) is 4.68 Å². The van der Waals surface area contributed by atoms with E-state index in [2.05, 4.69) is 42.4 Å². The fraction of sp³-hybridized carbons (Fsp3) is 0.400. The van der Waals surface area contributed by atoms with Crippen molar-refractivity contribution in [3.05, 3.63) is 47.3 Å². The third kappa shape index (κ3) is 4.11. The lowest BCUT2D eigenvalue weighted by molar-refractivity contribution is 0.652. The van der Waals surface area contributed by atoms with Gasteiger partial charge in [-0.25, -0.2) is 0 Å². The van der Waals surface area contributed by atoms with E-state index >= 15 is 0 Å². The van der Waals surface area contributed by atoms with Crippen LogP contribution < -0.4 is 5.73 Å². The summed E-state index contributed by atoms with van der Waals surface area (Å²) in [5, 5.41) is 4.35. The van der Waals surface area contributed by atoms with Gasteiger partial charge in [0.25, 0.3) is 0 Å². The SMILES string of the molecule is Cc1cccc(SCC(N)Cc2cc(C)nn2C)c1. The van der Waals surface area contributed by atoms with E-state index in [0.717, 1.165) is 17.9 Å². The largest absolute Gasteiger partial charge is 0.327 e. The van der Waals surface area contributed by atoms with Gasteiger partial charge in [-0.15, -0.1) is 11.8 Å². The van der Waals surface area contributed by atoms with Crippen molar-refractivity contribution in [3.8, 4) is 0 Å². The molecule has 2 aromatic rings. The molecule has 0 aliphatic carbocycles. The molecule has 0 saturated carbocycles. The second kappa shape index (κ2) is 6.26. The average molecular weight is 275 g/mol. The number of aryl methyl sites for hydroxylation is 3. The molecule has 0 saturated heterocycles. The Balaban J connectivity index is 1.88. The lowest BCUT2D eigenvalue weighted by Crippen LogP contribution is -2.26. The number of benzene rings is 1. The molecule has 19 heavy (non-hydrogen) atoms. The van der Waals surface area contributed by atoms with E-state index in [9.17, 15) is 0 Å². The van der Waals surface area contributed by atoms with Gasteiger partial charge in [0.05, 0.1) is 5.69 Å². The quantitative estimate of drug-likeness (QED) is 0.853. The molecule has 3 nitrogen and oxygen atoms in total. The molecule has 1 heterocycles. The second-order valence-electron chi connectivity index (χ2n) is 4.99. The van der Waals surface area contributed by atoms with Crippen molar-refractivity contribution in [1.82, 2.24) is 9.78 Å². The summed E-state index contributed by atoms with van der Waals surface area (Å²) >= 11 is 1.82. The number of thioether (sulfide) groups is 1. The molecule has 2 N–H and O–H groups in total. The van der Waals surface area contributed by atoms with Gasteiger partial charge in [-0.1, -0.05) is 17.7 Å². The first-order chi connectivity index (χ1) is 9.04. The molecule has 1 unspecified atom stereocenters. The van der Waals surface area contributed by atoms with Crippen molar-refractivity contribution in [1.29, 1.82) is 0 Å². The Morgan fingerprint density at radius 1 is 1.32 bits per heavy atom. The van der Waals surface area contributed by atoms with Gasteiger partial charge < -0.3 is 5.73 Å². The van der Waals surface area contributed by atoms with Gasteiger partial charge in [-0.05, 0) is 32.0 Å². The summed E-state index contributed by atoms with van der Waals surface area (Å²) in [6, 6.07) is 10.8. The first kappa shape index (κ1) is 14.2. The topological polar surface area (TPSA) is 43.8 Å². The van der Waals surface area contributed by atoms with Gasteiger partial charge in [0.15, 0.2) is 0 Å². The van der Waals surface area contributed by atoms with Crippen LogP contribution in [0, 0.1) is 13.8 Å². The first-order valence-electron chi connectivity index (χ1n) is 6.49. The molecule has 0 radical (unpaired) electrons. The minimum Gasteiger partial charge on any atom is -0.327 e. The Hall–Kier alpha value is -1.26. The molecule has 102 valence electrons. The third-order valence-electron chi connectivity index (χ3n) is 3.02. The van der Waals surface area contributed by atoms with Crippen LogP contribution in [0.5, 0.6) is 0 Å². The minimum absolute atomic E-state index is 0.153. The van der Waals surface area contributed by atoms with Gasteiger partial charge in [0.1, 0.15) is 0 Å². The number of rotatable bonds is 5. The van der Waals surface area contributed by atoms with Gasteiger partial charge in [0, 0.05) is 35.9 Å². The summed E-state index contributed by atoms with van der Waals surface area (Å²) in [4.78, 5) is 1.29. The van der Waals surface area contributed by atoms with Crippen LogP contribution in [0.15, 0.2) is 35.2 Å². The summed E-state index contributed by atoms with van der Waals surface area (Å²) in [6.45, 7) is 4.12. The molecule has 2 rings (SSSR count). The Labute approximate surface area is 119 Å². The number of hydrogen-bond acceptors (Lipinski definition) is 3. The Morgan fingerprint density at radius 2 is 2.11 bits per heavy atom. The first-order valence-corrected chi connectivity index (χ1v) is 7.47. The molecule has 0 spiro atoms. The van der Waals surface area contributed by atoms with E-state index in [0.29, 0.717) is 0 Å². The standard InChI is InChI=1S/C15H21N3S/c1-11-5-4-6-15(7-11)19-10-13(16)9-14-8-12(2)17-18(14)3/h4-8,13H,9-10,16H2,1-3H3. The normalized spacial score (nSPS) is 12.6. The van der Waals surface area contributed by atoms with Crippen molar-refractivity contribution >= 4 is 11.8 Å². The highest BCUT2D eigenvalue weighted by molar-refractivity contribution is 7.99. The highest BCUT2D eigenvalue weighted by Crippen LogP contribution is 2.20. The molecule has 1 aromatic heterocycles. The van der Waals surface area contributed by atoms with E-state index in [-0.39, 0.29) is 6.04 Å². The predicted octanol–water partition coefficient (Wildman–Crippen LogP) is 2.70. The maximum Gasteiger partial charge on any atom is 0.0596 e. The van der Waals surface area contributed by atoms with E-state index in [1.807, 2.05) is 30.4 Å². The number of nitrogens with two attached hydrogens (primary N) is 1. The summed E-state index contributed by atoms with van der Waals surface area (Å²) in [7, 11) is 1.97. The lowest BCUT2D eigenvalue weighted by atomic mass is 10.2. The number of hydrogen-bond donors (Lipinski definition) is 1. The fourth-order valence-corrected chi connectivity index (χ4v) is 3.06. The summed E-state index contributed by atoms with van der Waals surface area (Å²) in [5.74, 6) is 0.924. The van der Waals surface area contributed by atoms with Crippen LogP contribution in [0.2, 0.25) is 0 Å². The van der Waals surface area contributed by atoms with Crippen molar-refractivity contribution in [3.63, 3.8) is 0 Å². The zero-order chi connectivity index (χ0) is 13.8.